The minimum Gasteiger partial charge on any atom is -0.459 e. The third-order valence-corrected chi connectivity index (χ3v) is 3.67. The van der Waals surface area contributed by atoms with Gasteiger partial charge in [0.05, 0.1) is 6.26 Å². The van der Waals surface area contributed by atoms with Crippen LogP contribution in [0.15, 0.2) is 41.0 Å². The van der Waals surface area contributed by atoms with Gasteiger partial charge in [-0.25, -0.2) is 0 Å². The molecule has 0 saturated heterocycles. The Morgan fingerprint density at radius 3 is 2.70 bits per heavy atom. The summed E-state index contributed by atoms with van der Waals surface area (Å²) in [7, 11) is 1.79. The van der Waals surface area contributed by atoms with Crippen LogP contribution in [0.25, 0.3) is 0 Å². The van der Waals surface area contributed by atoms with Crippen molar-refractivity contribution in [1.29, 1.82) is 0 Å². The van der Waals surface area contributed by atoms with Gasteiger partial charge in [0.25, 0.3) is 11.8 Å². The first-order valence-corrected chi connectivity index (χ1v) is 7.74. The molecule has 0 bridgehead atoms. The van der Waals surface area contributed by atoms with Crippen molar-refractivity contribution in [3.8, 4) is 0 Å². The first-order valence-electron chi connectivity index (χ1n) is 7.74. The number of hydrogen-bond acceptors (Lipinski definition) is 3. The fourth-order valence-corrected chi connectivity index (χ4v) is 2.20. The van der Waals surface area contributed by atoms with Crippen LogP contribution in [0, 0.1) is 6.92 Å². The minimum atomic E-state index is -0.331. The maximum absolute atomic E-state index is 12.4. The van der Waals surface area contributed by atoms with Gasteiger partial charge in [-0.2, -0.15) is 0 Å². The van der Waals surface area contributed by atoms with E-state index in [4.69, 9.17) is 4.42 Å². The summed E-state index contributed by atoms with van der Waals surface area (Å²) < 4.78 is 5.08. The molecule has 122 valence electrons. The highest BCUT2D eigenvalue weighted by Crippen LogP contribution is 2.19. The van der Waals surface area contributed by atoms with Gasteiger partial charge >= 0.3 is 0 Å². The van der Waals surface area contributed by atoms with E-state index >= 15 is 0 Å². The Morgan fingerprint density at radius 1 is 1.26 bits per heavy atom. The quantitative estimate of drug-likeness (QED) is 0.884. The summed E-state index contributed by atoms with van der Waals surface area (Å²) in [4.78, 5) is 26.2. The molecule has 0 aliphatic rings. The Morgan fingerprint density at radius 2 is 2.04 bits per heavy atom. The van der Waals surface area contributed by atoms with Gasteiger partial charge in [-0.3, -0.25) is 9.59 Å². The Hall–Kier alpha value is -2.56. The summed E-state index contributed by atoms with van der Waals surface area (Å²) in [6, 6.07) is 8.57. The predicted octanol–water partition coefficient (Wildman–Crippen LogP) is 3.71. The number of benzene rings is 1. The summed E-state index contributed by atoms with van der Waals surface area (Å²) in [6.07, 6.45) is 3.45. The van der Waals surface area contributed by atoms with Crippen LogP contribution in [0.5, 0.6) is 0 Å². The van der Waals surface area contributed by atoms with Crippen LogP contribution < -0.4 is 5.32 Å². The van der Waals surface area contributed by atoms with E-state index in [0.717, 1.165) is 24.9 Å². The Kier molecular flexibility index (Phi) is 5.57. The van der Waals surface area contributed by atoms with Gasteiger partial charge in [0, 0.05) is 24.8 Å². The summed E-state index contributed by atoms with van der Waals surface area (Å²) in [6.45, 7) is 4.69. The van der Waals surface area contributed by atoms with Crippen LogP contribution in [0.2, 0.25) is 0 Å². The molecule has 0 radical (unpaired) electrons. The smallest absolute Gasteiger partial charge is 0.291 e. The minimum absolute atomic E-state index is 0.0491. The normalized spacial score (nSPS) is 10.4. The number of carbonyl (C=O) groups is 2. The topological polar surface area (TPSA) is 62.6 Å². The third-order valence-electron chi connectivity index (χ3n) is 3.67. The highest BCUT2D eigenvalue weighted by molar-refractivity contribution is 6.03. The molecule has 1 aromatic heterocycles. The molecule has 2 aromatic rings. The highest BCUT2D eigenvalue weighted by Gasteiger charge is 2.15. The van der Waals surface area contributed by atoms with Gasteiger partial charge in [0.2, 0.25) is 0 Å². The van der Waals surface area contributed by atoms with E-state index in [2.05, 4.69) is 12.2 Å². The third kappa shape index (κ3) is 4.22. The molecule has 0 atom stereocenters. The molecule has 5 nitrogen and oxygen atoms in total. The predicted molar refractivity (Wildman–Crippen MR) is 89.7 cm³/mol. The lowest BCUT2D eigenvalue weighted by Gasteiger charge is -2.18. The maximum atomic E-state index is 12.4. The van der Waals surface area contributed by atoms with Gasteiger partial charge in [-0.05, 0) is 43.2 Å². The molecule has 1 heterocycles. The van der Waals surface area contributed by atoms with Gasteiger partial charge in [0.1, 0.15) is 0 Å². The van der Waals surface area contributed by atoms with Gasteiger partial charge in [-0.1, -0.05) is 19.4 Å². The van der Waals surface area contributed by atoms with Crippen LogP contribution in [0.4, 0.5) is 5.69 Å². The van der Waals surface area contributed by atoms with Crippen molar-refractivity contribution in [2.45, 2.75) is 26.7 Å². The standard InChI is InChI=1S/C18H22N2O3/c1-4-5-10-20(3)18(22)14-9-8-13(2)15(12-14)19-17(21)16-7-6-11-23-16/h6-9,11-12H,4-5,10H2,1-3H3,(H,19,21). The van der Waals surface area contributed by atoms with Crippen LogP contribution in [-0.2, 0) is 0 Å². The number of amides is 2. The molecular formula is C18H22N2O3. The molecule has 23 heavy (non-hydrogen) atoms. The fraction of sp³-hybridized carbons (Fsp3) is 0.333. The largest absolute Gasteiger partial charge is 0.459 e. The second kappa shape index (κ2) is 7.63. The zero-order chi connectivity index (χ0) is 16.8. The fourth-order valence-electron chi connectivity index (χ4n) is 2.20. The number of aryl methyl sites for hydroxylation is 1. The van der Waals surface area contributed by atoms with Crippen molar-refractivity contribution in [3.05, 3.63) is 53.5 Å². The van der Waals surface area contributed by atoms with E-state index in [1.165, 1.54) is 6.26 Å². The average molecular weight is 314 g/mol. The van der Waals surface area contributed by atoms with E-state index in [9.17, 15) is 9.59 Å². The molecule has 2 rings (SSSR count). The number of rotatable bonds is 6. The molecule has 1 aromatic carbocycles. The number of anilines is 1. The highest BCUT2D eigenvalue weighted by atomic mass is 16.3. The number of furan rings is 1. The molecule has 0 fully saturated rings. The second-order valence-corrected chi connectivity index (χ2v) is 5.54. The lowest BCUT2D eigenvalue weighted by molar-refractivity contribution is 0.0793. The van der Waals surface area contributed by atoms with Crippen LogP contribution in [0.3, 0.4) is 0 Å². The Labute approximate surface area is 136 Å². The zero-order valence-corrected chi connectivity index (χ0v) is 13.8. The van der Waals surface area contributed by atoms with Gasteiger partial charge < -0.3 is 14.6 Å². The van der Waals surface area contributed by atoms with Crippen molar-refractivity contribution in [2.24, 2.45) is 0 Å². The average Bonchev–Trinajstić information content (AvgIpc) is 3.08. The van der Waals surface area contributed by atoms with Crippen LogP contribution in [-0.4, -0.2) is 30.3 Å². The first kappa shape index (κ1) is 16.8. The van der Waals surface area contributed by atoms with Crippen LogP contribution >= 0.6 is 0 Å². The summed E-state index contributed by atoms with van der Waals surface area (Å²) >= 11 is 0. The molecule has 1 N–H and O–H groups in total. The molecule has 2 amide bonds. The summed E-state index contributed by atoms with van der Waals surface area (Å²) in [5.41, 5.74) is 2.06. The van der Waals surface area contributed by atoms with Crippen molar-refractivity contribution < 1.29 is 14.0 Å². The van der Waals surface area contributed by atoms with Crippen molar-refractivity contribution >= 4 is 17.5 Å². The molecule has 0 saturated carbocycles. The van der Waals surface area contributed by atoms with E-state index in [0.29, 0.717) is 11.3 Å². The zero-order valence-electron chi connectivity index (χ0n) is 13.8. The molecule has 0 spiro atoms. The van der Waals surface area contributed by atoms with E-state index in [1.807, 2.05) is 13.0 Å². The number of carbonyl (C=O) groups excluding carboxylic acids is 2. The molecular weight excluding hydrogens is 292 g/mol. The lowest BCUT2D eigenvalue weighted by Crippen LogP contribution is -2.27. The first-order chi connectivity index (χ1) is 11.0. The monoisotopic (exact) mass is 314 g/mol. The second-order valence-electron chi connectivity index (χ2n) is 5.54. The van der Waals surface area contributed by atoms with Crippen LogP contribution in [0.1, 0.15) is 46.2 Å². The Bertz CT molecular complexity index is 678. The number of nitrogens with zero attached hydrogens (tertiary/aromatic N) is 1. The summed E-state index contributed by atoms with van der Waals surface area (Å²) in [5, 5.41) is 2.79. The van der Waals surface area contributed by atoms with Gasteiger partial charge in [0.15, 0.2) is 5.76 Å². The van der Waals surface area contributed by atoms with Crippen molar-refractivity contribution in [2.75, 3.05) is 18.9 Å². The van der Waals surface area contributed by atoms with Gasteiger partial charge in [-0.15, -0.1) is 0 Å². The molecule has 5 heteroatoms. The SMILES string of the molecule is CCCCN(C)C(=O)c1ccc(C)c(NC(=O)c2ccco2)c1. The number of nitrogens with one attached hydrogen (secondary N) is 1. The van der Waals surface area contributed by atoms with E-state index in [1.54, 1.807) is 36.2 Å². The molecule has 0 unspecified atom stereocenters. The molecule has 0 aliphatic carbocycles. The van der Waals surface area contributed by atoms with E-state index < -0.39 is 0 Å². The number of unbranched alkanes of at least 4 members (excludes halogenated alkanes) is 1. The lowest BCUT2D eigenvalue weighted by atomic mass is 10.1. The molecule has 0 aliphatic heterocycles. The number of hydrogen-bond donors (Lipinski definition) is 1. The maximum Gasteiger partial charge on any atom is 0.291 e. The van der Waals surface area contributed by atoms with Crippen molar-refractivity contribution in [3.63, 3.8) is 0 Å². The van der Waals surface area contributed by atoms with Crippen molar-refractivity contribution in [1.82, 2.24) is 4.90 Å². The van der Waals surface area contributed by atoms with E-state index in [-0.39, 0.29) is 17.6 Å². The Balaban J connectivity index is 2.15. The summed E-state index contributed by atoms with van der Waals surface area (Å²) in [5.74, 6) is -0.143.